The number of halogens is 1. The van der Waals surface area contributed by atoms with Crippen molar-refractivity contribution < 1.29 is 13.5 Å². The molecule has 0 bridgehead atoms. The van der Waals surface area contributed by atoms with Crippen molar-refractivity contribution in [3.63, 3.8) is 0 Å². The molecule has 1 unspecified atom stereocenters. The van der Waals surface area contributed by atoms with Gasteiger partial charge >= 0.3 is 0 Å². The van der Waals surface area contributed by atoms with Crippen molar-refractivity contribution in [3.05, 3.63) is 28.8 Å². The SMILES string of the molecule is N#Cc1ccc(S(=O)(=O)N2CCCCC2CO)c(Cl)c1. The highest BCUT2D eigenvalue weighted by Crippen LogP contribution is 2.30. The molecule has 108 valence electrons. The van der Waals surface area contributed by atoms with Crippen molar-refractivity contribution in [3.8, 4) is 6.07 Å². The zero-order valence-corrected chi connectivity index (χ0v) is 12.4. The quantitative estimate of drug-likeness (QED) is 0.921. The van der Waals surface area contributed by atoms with Crippen LogP contribution in [0.25, 0.3) is 0 Å². The van der Waals surface area contributed by atoms with Crippen LogP contribution in [0.1, 0.15) is 24.8 Å². The fourth-order valence-corrected chi connectivity index (χ4v) is 4.58. The molecule has 1 aromatic rings. The van der Waals surface area contributed by atoms with Gasteiger partial charge in [-0.2, -0.15) is 9.57 Å². The molecule has 1 heterocycles. The smallest absolute Gasteiger partial charge is 0.244 e. The van der Waals surface area contributed by atoms with Crippen LogP contribution >= 0.6 is 11.6 Å². The van der Waals surface area contributed by atoms with E-state index in [2.05, 4.69) is 0 Å². The first-order valence-electron chi connectivity index (χ1n) is 6.33. The van der Waals surface area contributed by atoms with Crippen molar-refractivity contribution in [1.29, 1.82) is 5.26 Å². The number of aliphatic hydroxyl groups is 1. The Morgan fingerprint density at radius 2 is 2.20 bits per heavy atom. The van der Waals surface area contributed by atoms with Crippen molar-refractivity contribution in [1.82, 2.24) is 4.31 Å². The lowest BCUT2D eigenvalue weighted by Gasteiger charge is -2.33. The predicted molar refractivity (Wildman–Crippen MR) is 74.8 cm³/mol. The van der Waals surface area contributed by atoms with Crippen molar-refractivity contribution in [2.24, 2.45) is 0 Å². The number of hydrogen-bond donors (Lipinski definition) is 1. The highest BCUT2D eigenvalue weighted by atomic mass is 35.5. The summed E-state index contributed by atoms with van der Waals surface area (Å²) < 4.78 is 26.6. The van der Waals surface area contributed by atoms with Crippen molar-refractivity contribution in [2.75, 3.05) is 13.2 Å². The zero-order chi connectivity index (χ0) is 14.8. The molecule has 1 fully saturated rings. The third kappa shape index (κ3) is 2.81. The summed E-state index contributed by atoms with van der Waals surface area (Å²) in [5.41, 5.74) is 0.311. The Morgan fingerprint density at radius 1 is 1.45 bits per heavy atom. The summed E-state index contributed by atoms with van der Waals surface area (Å²) in [7, 11) is -3.75. The van der Waals surface area contributed by atoms with E-state index < -0.39 is 16.1 Å². The largest absolute Gasteiger partial charge is 0.395 e. The van der Waals surface area contributed by atoms with E-state index in [1.54, 1.807) is 0 Å². The van der Waals surface area contributed by atoms with Crippen LogP contribution in [0, 0.1) is 11.3 Å². The number of aliphatic hydroxyl groups excluding tert-OH is 1. The Kier molecular flexibility index (Phi) is 4.66. The summed E-state index contributed by atoms with van der Waals surface area (Å²) in [6.07, 6.45) is 2.31. The van der Waals surface area contributed by atoms with Gasteiger partial charge in [0.1, 0.15) is 4.90 Å². The van der Waals surface area contributed by atoms with Crippen LogP contribution in [0.4, 0.5) is 0 Å². The van der Waals surface area contributed by atoms with Crippen molar-refractivity contribution in [2.45, 2.75) is 30.2 Å². The summed E-state index contributed by atoms with van der Waals surface area (Å²) in [5.74, 6) is 0. The highest BCUT2D eigenvalue weighted by molar-refractivity contribution is 7.89. The maximum Gasteiger partial charge on any atom is 0.244 e. The highest BCUT2D eigenvalue weighted by Gasteiger charge is 2.34. The van der Waals surface area contributed by atoms with Gasteiger partial charge in [0.25, 0.3) is 0 Å². The van der Waals surface area contributed by atoms with Crippen LogP contribution in [0.3, 0.4) is 0 Å². The lowest BCUT2D eigenvalue weighted by atomic mass is 10.1. The van der Waals surface area contributed by atoms with Gasteiger partial charge in [-0.05, 0) is 31.0 Å². The van der Waals surface area contributed by atoms with E-state index in [0.29, 0.717) is 18.5 Å². The Hall–Kier alpha value is -1.13. The second kappa shape index (κ2) is 6.10. The average molecular weight is 315 g/mol. The van der Waals surface area contributed by atoms with Gasteiger partial charge in [0.15, 0.2) is 0 Å². The molecule has 7 heteroatoms. The van der Waals surface area contributed by atoms with Crippen LogP contribution in [-0.4, -0.2) is 37.0 Å². The van der Waals surface area contributed by atoms with Gasteiger partial charge in [-0.3, -0.25) is 0 Å². The topological polar surface area (TPSA) is 81.4 Å². The van der Waals surface area contributed by atoms with Gasteiger partial charge in [-0.1, -0.05) is 18.0 Å². The number of rotatable bonds is 3. The van der Waals surface area contributed by atoms with E-state index in [1.807, 2.05) is 6.07 Å². The van der Waals surface area contributed by atoms with Crippen LogP contribution in [0.5, 0.6) is 0 Å². The second-order valence-electron chi connectivity index (χ2n) is 4.70. The Morgan fingerprint density at radius 3 is 2.80 bits per heavy atom. The maximum atomic E-state index is 12.6. The molecule has 0 aliphatic carbocycles. The van der Waals surface area contributed by atoms with Crippen LogP contribution in [-0.2, 0) is 10.0 Å². The standard InChI is InChI=1S/C13H15ClN2O3S/c14-12-7-10(8-15)4-5-13(12)20(18,19)16-6-2-1-3-11(16)9-17/h4-5,7,11,17H,1-3,6,9H2. The number of benzene rings is 1. The molecule has 1 saturated heterocycles. The first kappa shape index (κ1) is 15.3. The lowest BCUT2D eigenvalue weighted by molar-refractivity contribution is 0.155. The molecular weight excluding hydrogens is 300 g/mol. The van der Waals surface area contributed by atoms with Gasteiger partial charge in [0.05, 0.1) is 23.3 Å². The average Bonchev–Trinajstić information content (AvgIpc) is 2.46. The molecule has 0 spiro atoms. The van der Waals surface area contributed by atoms with Crippen LogP contribution < -0.4 is 0 Å². The minimum atomic E-state index is -3.75. The summed E-state index contributed by atoms with van der Waals surface area (Å²) >= 11 is 5.98. The summed E-state index contributed by atoms with van der Waals surface area (Å²) in [6.45, 7) is 0.178. The summed E-state index contributed by atoms with van der Waals surface area (Å²) in [6, 6.07) is 5.62. The maximum absolute atomic E-state index is 12.6. The molecule has 0 amide bonds. The monoisotopic (exact) mass is 314 g/mol. The second-order valence-corrected chi connectivity index (χ2v) is 6.97. The van der Waals surface area contributed by atoms with Gasteiger partial charge < -0.3 is 5.11 Å². The summed E-state index contributed by atoms with van der Waals surface area (Å²) in [4.78, 5) is -0.0153. The molecule has 0 radical (unpaired) electrons. The number of nitrogens with zero attached hydrogens (tertiary/aromatic N) is 2. The van der Waals surface area contributed by atoms with E-state index >= 15 is 0 Å². The predicted octanol–water partition coefficient (Wildman–Crippen LogP) is 1.75. The molecule has 0 aromatic heterocycles. The van der Waals surface area contributed by atoms with Crippen LogP contribution in [0.15, 0.2) is 23.1 Å². The summed E-state index contributed by atoms with van der Waals surface area (Å²) in [5, 5.41) is 18.2. The molecule has 0 saturated carbocycles. The molecule has 1 aliphatic heterocycles. The Bertz CT molecular complexity index is 640. The lowest BCUT2D eigenvalue weighted by Crippen LogP contribution is -2.45. The van der Waals surface area contributed by atoms with Gasteiger partial charge in [0.2, 0.25) is 10.0 Å². The van der Waals surface area contributed by atoms with Gasteiger partial charge in [-0.15, -0.1) is 0 Å². The molecule has 2 rings (SSSR count). The number of piperidine rings is 1. The van der Waals surface area contributed by atoms with E-state index in [0.717, 1.165) is 12.8 Å². The Balaban J connectivity index is 2.42. The van der Waals surface area contributed by atoms with E-state index in [4.69, 9.17) is 16.9 Å². The van der Waals surface area contributed by atoms with E-state index in [-0.39, 0.29) is 16.5 Å². The first-order chi connectivity index (χ1) is 9.50. The normalized spacial score (nSPS) is 20.6. The molecule has 1 N–H and O–H groups in total. The zero-order valence-electron chi connectivity index (χ0n) is 10.8. The fourth-order valence-electron chi connectivity index (χ4n) is 2.38. The minimum Gasteiger partial charge on any atom is -0.395 e. The fraction of sp³-hybridized carbons (Fsp3) is 0.462. The van der Waals surface area contributed by atoms with Crippen LogP contribution in [0.2, 0.25) is 5.02 Å². The third-order valence-corrected chi connectivity index (χ3v) is 5.87. The minimum absolute atomic E-state index is 0.0153. The molecule has 1 aliphatic rings. The molecule has 20 heavy (non-hydrogen) atoms. The van der Waals surface area contributed by atoms with Gasteiger partial charge in [-0.25, -0.2) is 8.42 Å². The molecule has 1 atom stereocenters. The molecule has 5 nitrogen and oxygen atoms in total. The first-order valence-corrected chi connectivity index (χ1v) is 8.15. The van der Waals surface area contributed by atoms with Gasteiger partial charge in [0, 0.05) is 12.6 Å². The number of hydrogen-bond acceptors (Lipinski definition) is 4. The Labute approximate surface area is 123 Å². The number of sulfonamides is 1. The van der Waals surface area contributed by atoms with Crippen molar-refractivity contribution >= 4 is 21.6 Å². The third-order valence-electron chi connectivity index (χ3n) is 3.43. The molecule has 1 aromatic carbocycles. The van der Waals surface area contributed by atoms with E-state index in [9.17, 15) is 13.5 Å². The van der Waals surface area contributed by atoms with E-state index in [1.165, 1.54) is 22.5 Å². The number of nitriles is 1. The molecular formula is C13H15ClN2O3S.